The summed E-state index contributed by atoms with van der Waals surface area (Å²) >= 11 is 0. The number of carboxylic acids is 1. The Morgan fingerprint density at radius 2 is 1.29 bits per heavy atom. The zero-order valence-electron chi connectivity index (χ0n) is 20.9. The lowest BCUT2D eigenvalue weighted by atomic mass is 10.0. The Bertz CT molecular complexity index is 2010. The maximum atomic E-state index is 12.0. The van der Waals surface area contributed by atoms with Crippen molar-refractivity contribution in [2.24, 2.45) is 20.5 Å². The molecule has 4 aromatic carbocycles. The molecule has 5 aromatic rings. The molecule has 0 saturated heterocycles. The van der Waals surface area contributed by atoms with Gasteiger partial charge in [0.25, 0.3) is 10.1 Å². The summed E-state index contributed by atoms with van der Waals surface area (Å²) in [7, 11) is -4.37. The van der Waals surface area contributed by atoms with E-state index >= 15 is 0 Å². The minimum Gasteiger partial charge on any atom is -0.505 e. The van der Waals surface area contributed by atoms with Crippen LogP contribution in [0.25, 0.3) is 22.2 Å². The van der Waals surface area contributed by atoms with Gasteiger partial charge >= 0.3 is 18.0 Å². The highest BCUT2D eigenvalue weighted by molar-refractivity contribution is 7.85. The Balaban J connectivity index is 1.50. The normalized spacial score (nSPS) is 11.9. The van der Waals surface area contributed by atoms with Gasteiger partial charge in [0, 0.05) is 10.9 Å². The number of fused-ring (bicyclic) bond motifs is 1. The second-order valence-corrected chi connectivity index (χ2v) is 9.89. The topological polar surface area (TPSA) is 240 Å². The summed E-state index contributed by atoms with van der Waals surface area (Å²) in [5, 5.41) is 56.8. The van der Waals surface area contributed by atoms with Crippen molar-refractivity contribution in [2.75, 3.05) is 0 Å². The number of carboxylic acid groups (broad SMARTS) is 1. The molecule has 0 aliphatic heterocycles. The maximum absolute atomic E-state index is 12.0. The third kappa shape index (κ3) is 5.83. The number of hydrogen-bond donors (Lipinski definition) is 5. The maximum Gasteiger partial charge on any atom is 0.338 e. The molecule has 0 fully saturated rings. The van der Waals surface area contributed by atoms with Gasteiger partial charge in [0.1, 0.15) is 11.4 Å². The molecule has 0 spiro atoms. The lowest BCUT2D eigenvalue weighted by molar-refractivity contribution is 0.0697. The zero-order valence-corrected chi connectivity index (χ0v) is 21.7. The Morgan fingerprint density at radius 1 is 0.690 bits per heavy atom. The summed E-state index contributed by atoms with van der Waals surface area (Å²) in [6.07, 6.45) is 0. The zero-order chi connectivity index (χ0) is 30.0. The molecule has 0 radical (unpaired) electrons. The third-order valence-corrected chi connectivity index (χ3v) is 6.61. The van der Waals surface area contributed by atoms with Crippen molar-refractivity contribution in [3.63, 3.8) is 0 Å². The molecule has 0 aliphatic carbocycles. The molecule has 5 rings (SSSR count). The van der Waals surface area contributed by atoms with Crippen LogP contribution < -0.4 is 0 Å². The molecule has 0 aliphatic rings. The molecule has 0 unspecified atom stereocenters. The number of rotatable bonds is 7. The first-order valence-electron chi connectivity index (χ1n) is 11.7. The average molecular weight is 588 g/mol. The molecule has 0 bridgehead atoms. The number of benzene rings is 4. The summed E-state index contributed by atoms with van der Waals surface area (Å²) < 4.78 is 31.4. The number of phenols is 1. The van der Waals surface area contributed by atoms with Gasteiger partial charge in [0.05, 0.1) is 21.8 Å². The highest BCUT2D eigenvalue weighted by Crippen LogP contribution is 2.41. The molecule has 5 N–H and O–H groups in total. The monoisotopic (exact) mass is 587 g/mol. The molecular formula is C26H17N7O8S. The fourth-order valence-electron chi connectivity index (χ4n) is 3.83. The van der Waals surface area contributed by atoms with E-state index in [1.807, 2.05) is 0 Å². The lowest BCUT2D eigenvalue weighted by Crippen LogP contribution is -1.96. The van der Waals surface area contributed by atoms with Gasteiger partial charge in [-0.25, -0.2) is 4.79 Å². The second kappa shape index (κ2) is 11.0. The molecule has 1 heterocycles. The molecule has 42 heavy (non-hydrogen) atoms. The molecule has 15 nitrogen and oxygen atoms in total. The highest BCUT2D eigenvalue weighted by atomic mass is 32.2. The Kier molecular flexibility index (Phi) is 7.22. The van der Waals surface area contributed by atoms with E-state index in [2.05, 4.69) is 35.4 Å². The fraction of sp³-hybridized carbons (Fsp3) is 0. The highest BCUT2D eigenvalue weighted by Gasteiger charge is 2.17. The summed E-state index contributed by atoms with van der Waals surface area (Å²) in [5.74, 6) is -1.73. The van der Waals surface area contributed by atoms with Crippen LogP contribution in [0.15, 0.2) is 98.1 Å². The van der Waals surface area contributed by atoms with Gasteiger partial charge in [-0.05, 0) is 53.9 Å². The lowest BCUT2D eigenvalue weighted by Gasteiger charge is -2.10. The van der Waals surface area contributed by atoms with Crippen LogP contribution in [-0.2, 0) is 10.1 Å². The van der Waals surface area contributed by atoms with Gasteiger partial charge in [0.2, 0.25) is 0 Å². The Hall–Kier alpha value is -5.87. The number of aromatic hydroxyl groups is 3. The second-order valence-electron chi connectivity index (χ2n) is 8.47. The quantitative estimate of drug-likeness (QED) is 0.116. The van der Waals surface area contributed by atoms with E-state index in [-0.39, 0.29) is 50.3 Å². The van der Waals surface area contributed by atoms with E-state index < -0.39 is 28.1 Å². The predicted octanol–water partition coefficient (Wildman–Crippen LogP) is 5.58. The van der Waals surface area contributed by atoms with Crippen molar-refractivity contribution in [2.45, 2.75) is 4.90 Å². The van der Waals surface area contributed by atoms with Crippen LogP contribution in [0.4, 0.5) is 22.7 Å². The average Bonchev–Trinajstić information content (AvgIpc) is 2.95. The molecule has 0 atom stereocenters. The summed E-state index contributed by atoms with van der Waals surface area (Å²) in [4.78, 5) is 22.6. The summed E-state index contributed by atoms with van der Waals surface area (Å²) in [6, 6.07) is 15.3. The van der Waals surface area contributed by atoms with Gasteiger partial charge in [-0.1, -0.05) is 24.3 Å². The minimum atomic E-state index is -4.37. The first-order chi connectivity index (χ1) is 20.0. The van der Waals surface area contributed by atoms with Crippen LogP contribution in [0.1, 0.15) is 10.4 Å². The van der Waals surface area contributed by atoms with Crippen molar-refractivity contribution in [1.29, 1.82) is 0 Å². The third-order valence-electron chi connectivity index (χ3n) is 5.74. The van der Waals surface area contributed by atoms with Crippen LogP contribution >= 0.6 is 0 Å². The number of aromatic carboxylic acids is 1. The number of phenolic OH excluding ortho intramolecular Hbond substituents is 1. The first kappa shape index (κ1) is 27.7. The molecule has 210 valence electrons. The largest absolute Gasteiger partial charge is 0.505 e. The van der Waals surface area contributed by atoms with Crippen molar-refractivity contribution in [3.8, 4) is 29.2 Å². The van der Waals surface area contributed by atoms with Crippen LogP contribution in [0.5, 0.6) is 17.8 Å². The molecular weight excluding hydrogens is 570 g/mol. The van der Waals surface area contributed by atoms with Crippen LogP contribution in [0.3, 0.4) is 0 Å². The number of hydrogen-bond acceptors (Lipinski definition) is 13. The Morgan fingerprint density at radius 3 is 1.93 bits per heavy atom. The van der Waals surface area contributed by atoms with Gasteiger partial charge in [0.15, 0.2) is 11.6 Å². The smallest absolute Gasteiger partial charge is 0.338 e. The van der Waals surface area contributed by atoms with E-state index in [0.29, 0.717) is 10.8 Å². The standard InChI is InChI=1S/C26H17N7O8S/c34-22-17-4-2-1-3-16(17)18(23-27-25(37)29-26(38)28-23)12-21(22)33-32-20-10-7-14(11-19(20)24(35)36)31-30-13-5-8-15(9-6-13)42(39,40)41/h1-12,34H,(H,35,36)(H,39,40,41)(H2,27,28,29,37,38)/b31-30+,33-32+. The van der Waals surface area contributed by atoms with Gasteiger partial charge in [-0.15, -0.1) is 15.2 Å². The number of carbonyl (C=O) groups is 1. The fourth-order valence-corrected chi connectivity index (χ4v) is 4.31. The molecule has 16 heteroatoms. The number of nitrogens with zero attached hydrogens (tertiary/aromatic N) is 7. The van der Waals surface area contributed by atoms with Gasteiger partial charge < -0.3 is 20.4 Å². The van der Waals surface area contributed by atoms with Crippen molar-refractivity contribution >= 4 is 49.6 Å². The van der Waals surface area contributed by atoms with Crippen LogP contribution in [-0.4, -0.2) is 54.3 Å². The Labute approximate surface area is 235 Å². The van der Waals surface area contributed by atoms with Crippen molar-refractivity contribution in [3.05, 3.63) is 78.4 Å². The molecule has 0 saturated carbocycles. The van der Waals surface area contributed by atoms with Crippen LogP contribution in [0, 0.1) is 0 Å². The van der Waals surface area contributed by atoms with E-state index in [9.17, 15) is 33.6 Å². The minimum absolute atomic E-state index is 0.0801. The van der Waals surface area contributed by atoms with E-state index in [1.165, 1.54) is 36.4 Å². The predicted molar refractivity (Wildman–Crippen MR) is 146 cm³/mol. The van der Waals surface area contributed by atoms with E-state index in [0.717, 1.165) is 12.1 Å². The number of azo groups is 2. The van der Waals surface area contributed by atoms with Crippen molar-refractivity contribution in [1.82, 2.24) is 15.0 Å². The van der Waals surface area contributed by atoms with E-state index in [1.54, 1.807) is 24.3 Å². The number of aromatic nitrogens is 3. The van der Waals surface area contributed by atoms with Gasteiger partial charge in [-0.2, -0.15) is 28.6 Å². The van der Waals surface area contributed by atoms with E-state index in [4.69, 9.17) is 4.55 Å². The summed E-state index contributed by atoms with van der Waals surface area (Å²) in [6.45, 7) is 0. The van der Waals surface area contributed by atoms with Crippen LogP contribution in [0.2, 0.25) is 0 Å². The SMILES string of the molecule is O=C(O)c1cc(/N=N/c2ccc(S(=O)(=O)O)cc2)ccc1/N=N/c1cc(-c2nc(O)nc(O)n2)c2ccccc2c1O. The first-order valence-corrected chi connectivity index (χ1v) is 13.1. The molecule has 0 amide bonds. The molecule has 1 aromatic heterocycles. The van der Waals surface area contributed by atoms with Crippen molar-refractivity contribution < 1.29 is 38.2 Å². The summed E-state index contributed by atoms with van der Waals surface area (Å²) in [5.41, 5.74) is 0.190. The van der Waals surface area contributed by atoms with Gasteiger partial charge in [-0.3, -0.25) is 4.55 Å².